The van der Waals surface area contributed by atoms with E-state index in [1.807, 2.05) is 12.1 Å². The third-order valence-electron chi connectivity index (χ3n) is 3.01. The molecule has 1 saturated heterocycles. The standard InChI is InChI=1S/C14H21NOS/c1-13-3-5-14(6-4-13)16-10-2-7-15-8-11-17-12-9-15/h3-6H,2,7-12H2,1H3. The van der Waals surface area contributed by atoms with Crippen LogP contribution in [0.25, 0.3) is 0 Å². The summed E-state index contributed by atoms with van der Waals surface area (Å²) in [6, 6.07) is 8.29. The molecule has 1 fully saturated rings. The maximum absolute atomic E-state index is 5.72. The van der Waals surface area contributed by atoms with Crippen molar-refractivity contribution in [3.05, 3.63) is 29.8 Å². The van der Waals surface area contributed by atoms with Crippen LogP contribution in [0.3, 0.4) is 0 Å². The summed E-state index contributed by atoms with van der Waals surface area (Å²) in [4.78, 5) is 2.54. The minimum atomic E-state index is 0.826. The van der Waals surface area contributed by atoms with Gasteiger partial charge in [0.2, 0.25) is 0 Å². The predicted octanol–water partition coefficient (Wildman–Crippen LogP) is 2.81. The van der Waals surface area contributed by atoms with Gasteiger partial charge in [0.05, 0.1) is 6.61 Å². The average molecular weight is 251 g/mol. The SMILES string of the molecule is Cc1ccc(OCCCN2CCSCC2)cc1. The van der Waals surface area contributed by atoms with Crippen LogP contribution in [0.5, 0.6) is 5.75 Å². The Bertz CT molecular complexity index is 319. The minimum absolute atomic E-state index is 0.826. The van der Waals surface area contributed by atoms with E-state index in [2.05, 4.69) is 35.7 Å². The molecule has 1 heterocycles. The molecule has 2 nitrogen and oxygen atoms in total. The van der Waals surface area contributed by atoms with Crippen molar-refractivity contribution in [1.82, 2.24) is 4.90 Å². The van der Waals surface area contributed by atoms with Crippen LogP contribution in [0, 0.1) is 6.92 Å². The molecule has 0 N–H and O–H groups in total. The monoisotopic (exact) mass is 251 g/mol. The van der Waals surface area contributed by atoms with Crippen molar-refractivity contribution in [1.29, 1.82) is 0 Å². The van der Waals surface area contributed by atoms with Gasteiger partial charge in [-0.2, -0.15) is 11.8 Å². The van der Waals surface area contributed by atoms with Crippen LogP contribution in [0.15, 0.2) is 24.3 Å². The maximum atomic E-state index is 5.72. The first kappa shape index (κ1) is 12.8. The van der Waals surface area contributed by atoms with E-state index in [9.17, 15) is 0 Å². The first-order valence-electron chi connectivity index (χ1n) is 6.34. The number of aryl methyl sites for hydroxylation is 1. The van der Waals surface area contributed by atoms with Crippen LogP contribution in [0.4, 0.5) is 0 Å². The van der Waals surface area contributed by atoms with Crippen molar-refractivity contribution >= 4 is 11.8 Å². The zero-order valence-corrected chi connectivity index (χ0v) is 11.3. The number of thioether (sulfide) groups is 1. The number of hydrogen-bond acceptors (Lipinski definition) is 3. The third-order valence-corrected chi connectivity index (χ3v) is 3.95. The molecule has 1 aliphatic rings. The second-order valence-corrected chi connectivity index (χ2v) is 5.69. The number of hydrogen-bond donors (Lipinski definition) is 0. The Morgan fingerprint density at radius 2 is 1.88 bits per heavy atom. The quantitative estimate of drug-likeness (QED) is 0.747. The molecular formula is C14H21NOS. The van der Waals surface area contributed by atoms with Gasteiger partial charge in [0.1, 0.15) is 5.75 Å². The number of ether oxygens (including phenoxy) is 1. The van der Waals surface area contributed by atoms with Gasteiger partial charge in [-0.1, -0.05) is 17.7 Å². The van der Waals surface area contributed by atoms with E-state index in [1.165, 1.54) is 36.7 Å². The van der Waals surface area contributed by atoms with E-state index < -0.39 is 0 Å². The molecule has 0 radical (unpaired) electrons. The zero-order chi connectivity index (χ0) is 11.9. The van der Waals surface area contributed by atoms with Crippen molar-refractivity contribution in [3.8, 4) is 5.75 Å². The van der Waals surface area contributed by atoms with Gasteiger partial charge in [0.15, 0.2) is 0 Å². The van der Waals surface area contributed by atoms with Crippen molar-refractivity contribution in [3.63, 3.8) is 0 Å². The lowest BCUT2D eigenvalue weighted by molar-refractivity contribution is 0.248. The largest absolute Gasteiger partial charge is 0.494 e. The Hall–Kier alpha value is -0.670. The molecule has 0 bridgehead atoms. The molecule has 2 rings (SSSR count). The highest BCUT2D eigenvalue weighted by atomic mass is 32.2. The lowest BCUT2D eigenvalue weighted by atomic mass is 10.2. The van der Waals surface area contributed by atoms with E-state index >= 15 is 0 Å². The van der Waals surface area contributed by atoms with Crippen molar-refractivity contribution < 1.29 is 4.74 Å². The fourth-order valence-electron chi connectivity index (χ4n) is 1.94. The summed E-state index contributed by atoms with van der Waals surface area (Å²) < 4.78 is 5.72. The number of rotatable bonds is 5. The second kappa shape index (κ2) is 6.92. The Morgan fingerprint density at radius 3 is 2.59 bits per heavy atom. The Balaban J connectivity index is 1.60. The summed E-state index contributed by atoms with van der Waals surface area (Å²) in [7, 11) is 0. The Morgan fingerprint density at radius 1 is 1.18 bits per heavy atom. The molecule has 1 aliphatic heterocycles. The lowest BCUT2D eigenvalue weighted by Crippen LogP contribution is -2.33. The van der Waals surface area contributed by atoms with Crippen LogP contribution < -0.4 is 4.74 Å². The van der Waals surface area contributed by atoms with E-state index in [1.54, 1.807) is 0 Å². The van der Waals surface area contributed by atoms with Gasteiger partial charge < -0.3 is 9.64 Å². The Labute approximate surface area is 108 Å². The molecular weight excluding hydrogens is 230 g/mol. The predicted molar refractivity (Wildman–Crippen MR) is 75.1 cm³/mol. The van der Waals surface area contributed by atoms with Crippen molar-refractivity contribution in [2.75, 3.05) is 37.7 Å². The van der Waals surface area contributed by atoms with Gasteiger partial charge >= 0.3 is 0 Å². The third kappa shape index (κ3) is 4.60. The van der Waals surface area contributed by atoms with Gasteiger partial charge in [-0.15, -0.1) is 0 Å². The summed E-state index contributed by atoms with van der Waals surface area (Å²) in [6.45, 7) is 6.58. The normalized spacial score (nSPS) is 17.0. The van der Waals surface area contributed by atoms with E-state index in [4.69, 9.17) is 4.74 Å². The highest BCUT2D eigenvalue weighted by Crippen LogP contribution is 2.12. The summed E-state index contributed by atoms with van der Waals surface area (Å²) in [5.41, 5.74) is 1.28. The molecule has 0 atom stereocenters. The van der Waals surface area contributed by atoms with Gasteiger partial charge in [-0.3, -0.25) is 0 Å². The fourth-order valence-corrected chi connectivity index (χ4v) is 2.92. The van der Waals surface area contributed by atoms with Crippen LogP contribution in [0.2, 0.25) is 0 Å². The average Bonchev–Trinajstić information content (AvgIpc) is 2.38. The molecule has 17 heavy (non-hydrogen) atoms. The molecule has 3 heteroatoms. The van der Waals surface area contributed by atoms with Crippen molar-refractivity contribution in [2.24, 2.45) is 0 Å². The van der Waals surface area contributed by atoms with Crippen LogP contribution in [-0.4, -0.2) is 42.6 Å². The van der Waals surface area contributed by atoms with Crippen molar-refractivity contribution in [2.45, 2.75) is 13.3 Å². The summed E-state index contributed by atoms with van der Waals surface area (Å²) >= 11 is 2.06. The summed E-state index contributed by atoms with van der Waals surface area (Å²) in [5, 5.41) is 0. The molecule has 0 saturated carbocycles. The lowest BCUT2D eigenvalue weighted by Gasteiger charge is -2.25. The van der Waals surface area contributed by atoms with Gasteiger partial charge in [-0.25, -0.2) is 0 Å². The van der Waals surface area contributed by atoms with E-state index in [0.717, 1.165) is 18.8 Å². The number of nitrogens with zero attached hydrogens (tertiary/aromatic N) is 1. The highest BCUT2D eigenvalue weighted by Gasteiger charge is 2.09. The fraction of sp³-hybridized carbons (Fsp3) is 0.571. The number of benzene rings is 1. The minimum Gasteiger partial charge on any atom is -0.494 e. The molecule has 0 aliphatic carbocycles. The van der Waals surface area contributed by atoms with Gasteiger partial charge in [0, 0.05) is 31.1 Å². The molecule has 94 valence electrons. The Kier molecular flexibility index (Phi) is 5.20. The van der Waals surface area contributed by atoms with Crippen LogP contribution >= 0.6 is 11.8 Å². The molecule has 0 unspecified atom stereocenters. The first-order chi connectivity index (χ1) is 8.34. The van der Waals surface area contributed by atoms with E-state index in [0.29, 0.717) is 0 Å². The molecule has 0 spiro atoms. The summed E-state index contributed by atoms with van der Waals surface area (Å²) in [6.07, 6.45) is 1.12. The van der Waals surface area contributed by atoms with Crippen LogP contribution in [0.1, 0.15) is 12.0 Å². The zero-order valence-electron chi connectivity index (χ0n) is 10.5. The van der Waals surface area contributed by atoms with E-state index in [-0.39, 0.29) is 0 Å². The topological polar surface area (TPSA) is 12.5 Å². The smallest absolute Gasteiger partial charge is 0.119 e. The molecule has 0 aromatic heterocycles. The maximum Gasteiger partial charge on any atom is 0.119 e. The highest BCUT2D eigenvalue weighted by molar-refractivity contribution is 7.99. The van der Waals surface area contributed by atoms with Gasteiger partial charge in [0.25, 0.3) is 0 Å². The van der Waals surface area contributed by atoms with Crippen LogP contribution in [-0.2, 0) is 0 Å². The second-order valence-electron chi connectivity index (χ2n) is 4.47. The molecule has 1 aromatic rings. The molecule has 0 amide bonds. The first-order valence-corrected chi connectivity index (χ1v) is 7.49. The summed E-state index contributed by atoms with van der Waals surface area (Å²) in [5.74, 6) is 3.57. The van der Waals surface area contributed by atoms with Gasteiger partial charge in [-0.05, 0) is 25.5 Å². The molecule has 1 aromatic carbocycles.